The van der Waals surface area contributed by atoms with Gasteiger partial charge in [-0.15, -0.1) is 11.6 Å². The molecule has 15 heavy (non-hydrogen) atoms. The van der Waals surface area contributed by atoms with Gasteiger partial charge in [-0.05, 0) is 26.2 Å². The summed E-state index contributed by atoms with van der Waals surface area (Å²) >= 11 is 5.89. The molecule has 3 nitrogen and oxygen atoms in total. The molecule has 2 rings (SSSR count). The van der Waals surface area contributed by atoms with Gasteiger partial charge in [0, 0.05) is 24.3 Å². The van der Waals surface area contributed by atoms with Crippen LogP contribution in [0.4, 0.5) is 5.82 Å². The van der Waals surface area contributed by atoms with Crippen molar-refractivity contribution in [2.24, 2.45) is 0 Å². The highest BCUT2D eigenvalue weighted by Gasteiger charge is 2.21. The Morgan fingerprint density at radius 2 is 2.40 bits per heavy atom. The molecule has 0 saturated carbocycles. The Morgan fingerprint density at radius 1 is 1.53 bits per heavy atom. The van der Waals surface area contributed by atoms with Crippen molar-refractivity contribution in [3.8, 4) is 0 Å². The van der Waals surface area contributed by atoms with Gasteiger partial charge in [-0.3, -0.25) is 0 Å². The van der Waals surface area contributed by atoms with Crippen LogP contribution in [-0.2, 0) is 5.88 Å². The first-order chi connectivity index (χ1) is 7.33. The minimum absolute atomic E-state index is 0.486. The molecular weight excluding hydrogens is 210 g/mol. The van der Waals surface area contributed by atoms with Crippen LogP contribution in [0, 0.1) is 0 Å². The second-order valence-electron chi connectivity index (χ2n) is 4.04. The molecular formula is C11H16ClN3. The largest absolute Gasteiger partial charge is 0.354 e. The predicted molar refractivity (Wildman–Crippen MR) is 62.2 cm³/mol. The monoisotopic (exact) mass is 225 g/mol. The van der Waals surface area contributed by atoms with Crippen molar-refractivity contribution in [2.45, 2.75) is 38.1 Å². The summed E-state index contributed by atoms with van der Waals surface area (Å²) in [5, 5.41) is 0. The number of piperidine rings is 1. The zero-order valence-electron chi connectivity index (χ0n) is 8.99. The van der Waals surface area contributed by atoms with Crippen LogP contribution in [0.2, 0.25) is 0 Å². The van der Waals surface area contributed by atoms with Gasteiger partial charge < -0.3 is 4.90 Å². The minimum atomic E-state index is 0.486. The van der Waals surface area contributed by atoms with Crippen molar-refractivity contribution in [3.63, 3.8) is 0 Å². The van der Waals surface area contributed by atoms with Crippen molar-refractivity contribution >= 4 is 17.4 Å². The fourth-order valence-corrected chi connectivity index (χ4v) is 2.31. The van der Waals surface area contributed by atoms with Crippen molar-refractivity contribution in [1.29, 1.82) is 0 Å². The van der Waals surface area contributed by atoms with E-state index in [4.69, 9.17) is 11.6 Å². The van der Waals surface area contributed by atoms with Crippen LogP contribution < -0.4 is 4.90 Å². The number of hydrogen-bond donors (Lipinski definition) is 0. The van der Waals surface area contributed by atoms with E-state index in [1.807, 2.05) is 6.20 Å². The fraction of sp³-hybridized carbons (Fsp3) is 0.636. The Balaban J connectivity index is 2.26. The van der Waals surface area contributed by atoms with Gasteiger partial charge in [-0.2, -0.15) is 0 Å². The SMILES string of the molecule is CC1CCCCN1c1ncncc1CCl. The standard InChI is InChI=1S/C11H16ClN3/c1-9-4-2-3-5-15(9)11-10(6-12)7-13-8-14-11/h7-9H,2-6H2,1H3. The molecule has 0 radical (unpaired) electrons. The van der Waals surface area contributed by atoms with Crippen LogP contribution >= 0.6 is 11.6 Å². The lowest BCUT2D eigenvalue weighted by atomic mass is 10.0. The van der Waals surface area contributed by atoms with Crippen molar-refractivity contribution in [3.05, 3.63) is 18.1 Å². The molecule has 0 amide bonds. The van der Waals surface area contributed by atoms with E-state index in [-0.39, 0.29) is 0 Å². The second kappa shape index (κ2) is 4.79. The number of nitrogens with zero attached hydrogens (tertiary/aromatic N) is 3. The summed E-state index contributed by atoms with van der Waals surface area (Å²) in [7, 11) is 0. The summed E-state index contributed by atoms with van der Waals surface area (Å²) in [4.78, 5) is 10.7. The molecule has 1 saturated heterocycles. The summed E-state index contributed by atoms with van der Waals surface area (Å²) in [6.07, 6.45) is 7.23. The summed E-state index contributed by atoms with van der Waals surface area (Å²) in [6.45, 7) is 3.33. The smallest absolute Gasteiger partial charge is 0.136 e. The van der Waals surface area contributed by atoms with E-state index in [9.17, 15) is 0 Å². The topological polar surface area (TPSA) is 29.0 Å². The van der Waals surface area contributed by atoms with E-state index >= 15 is 0 Å². The summed E-state index contributed by atoms with van der Waals surface area (Å²) < 4.78 is 0. The van der Waals surface area contributed by atoms with Crippen molar-refractivity contribution in [1.82, 2.24) is 9.97 Å². The maximum absolute atomic E-state index is 5.89. The van der Waals surface area contributed by atoms with E-state index in [1.54, 1.807) is 6.33 Å². The molecule has 1 aliphatic heterocycles. The van der Waals surface area contributed by atoms with E-state index in [0.717, 1.165) is 17.9 Å². The zero-order valence-corrected chi connectivity index (χ0v) is 9.74. The molecule has 1 aromatic rings. The van der Waals surface area contributed by atoms with Crippen LogP contribution in [-0.4, -0.2) is 22.6 Å². The number of hydrogen-bond acceptors (Lipinski definition) is 3. The normalized spacial score (nSPS) is 21.7. The first-order valence-corrected chi connectivity index (χ1v) is 5.98. The maximum Gasteiger partial charge on any atom is 0.136 e. The number of halogens is 1. The van der Waals surface area contributed by atoms with E-state index in [0.29, 0.717) is 11.9 Å². The Morgan fingerprint density at radius 3 is 3.13 bits per heavy atom. The van der Waals surface area contributed by atoms with Gasteiger partial charge in [0.2, 0.25) is 0 Å². The molecule has 0 aromatic carbocycles. The maximum atomic E-state index is 5.89. The quantitative estimate of drug-likeness (QED) is 0.725. The molecule has 1 fully saturated rings. The molecule has 1 atom stereocenters. The molecule has 0 spiro atoms. The first kappa shape index (κ1) is 10.7. The Bertz CT molecular complexity index is 329. The first-order valence-electron chi connectivity index (χ1n) is 5.44. The molecule has 0 bridgehead atoms. The lowest BCUT2D eigenvalue weighted by molar-refractivity contribution is 0.480. The molecule has 4 heteroatoms. The van der Waals surface area contributed by atoms with Crippen LogP contribution in [0.25, 0.3) is 0 Å². The third-order valence-electron chi connectivity index (χ3n) is 2.98. The van der Waals surface area contributed by atoms with Gasteiger partial charge in [0.15, 0.2) is 0 Å². The molecule has 1 unspecified atom stereocenters. The third kappa shape index (κ3) is 2.23. The average molecular weight is 226 g/mol. The van der Waals surface area contributed by atoms with E-state index in [1.165, 1.54) is 19.3 Å². The lowest BCUT2D eigenvalue weighted by Crippen LogP contribution is -2.38. The number of anilines is 1. The van der Waals surface area contributed by atoms with Gasteiger partial charge in [-0.1, -0.05) is 0 Å². The third-order valence-corrected chi connectivity index (χ3v) is 3.27. The summed E-state index contributed by atoms with van der Waals surface area (Å²) in [5.41, 5.74) is 1.04. The van der Waals surface area contributed by atoms with Crippen molar-refractivity contribution < 1.29 is 0 Å². The highest BCUT2D eigenvalue weighted by atomic mass is 35.5. The van der Waals surface area contributed by atoms with Crippen LogP contribution in [0.15, 0.2) is 12.5 Å². The van der Waals surface area contributed by atoms with Crippen molar-refractivity contribution in [2.75, 3.05) is 11.4 Å². The van der Waals surface area contributed by atoms with Gasteiger partial charge in [0.25, 0.3) is 0 Å². The number of alkyl halides is 1. The van der Waals surface area contributed by atoms with Crippen LogP contribution in [0.3, 0.4) is 0 Å². The Labute approximate surface area is 95.5 Å². The fourth-order valence-electron chi connectivity index (χ4n) is 2.12. The van der Waals surface area contributed by atoms with Gasteiger partial charge in [0.05, 0.1) is 5.88 Å². The zero-order chi connectivity index (χ0) is 10.7. The highest BCUT2D eigenvalue weighted by Crippen LogP contribution is 2.25. The van der Waals surface area contributed by atoms with Gasteiger partial charge >= 0.3 is 0 Å². The van der Waals surface area contributed by atoms with Gasteiger partial charge in [0.1, 0.15) is 12.1 Å². The second-order valence-corrected chi connectivity index (χ2v) is 4.31. The Hall–Kier alpha value is -0.830. The molecule has 1 aromatic heterocycles. The molecule has 82 valence electrons. The van der Waals surface area contributed by atoms with E-state index in [2.05, 4.69) is 21.8 Å². The highest BCUT2D eigenvalue weighted by molar-refractivity contribution is 6.17. The molecule has 1 aliphatic rings. The summed E-state index contributed by atoms with van der Waals surface area (Å²) in [5.74, 6) is 1.51. The van der Waals surface area contributed by atoms with E-state index < -0.39 is 0 Å². The average Bonchev–Trinajstić information content (AvgIpc) is 2.30. The minimum Gasteiger partial charge on any atom is -0.354 e. The van der Waals surface area contributed by atoms with Gasteiger partial charge in [-0.25, -0.2) is 9.97 Å². The lowest BCUT2D eigenvalue weighted by Gasteiger charge is -2.35. The predicted octanol–water partition coefficient (Wildman–Crippen LogP) is 2.59. The van der Waals surface area contributed by atoms with Crippen LogP contribution in [0.1, 0.15) is 31.7 Å². The summed E-state index contributed by atoms with van der Waals surface area (Å²) in [6, 6.07) is 0.565. The Kier molecular flexibility index (Phi) is 3.41. The molecule has 2 heterocycles. The number of rotatable bonds is 2. The molecule has 0 aliphatic carbocycles. The van der Waals surface area contributed by atoms with Crippen LogP contribution in [0.5, 0.6) is 0 Å². The number of aromatic nitrogens is 2. The molecule has 0 N–H and O–H groups in total.